The van der Waals surface area contributed by atoms with Gasteiger partial charge in [0.05, 0.1) is 6.67 Å². The topological polar surface area (TPSA) is 26.0 Å². The first kappa shape index (κ1) is 14.2. The minimum Gasteiger partial charge on any atom is -0.324 e. The SMILES string of the molecule is Cl.N[C@@H](CCF)c1cc(Cl)ccc1Br. The Balaban J connectivity index is 0.00000169. The Hall–Kier alpha value is 0.170. The molecule has 0 aliphatic heterocycles. The van der Waals surface area contributed by atoms with E-state index in [9.17, 15) is 4.39 Å². The number of alkyl halides is 1. The van der Waals surface area contributed by atoms with Crippen LogP contribution in [0.15, 0.2) is 22.7 Å². The van der Waals surface area contributed by atoms with Crippen LogP contribution in [0.2, 0.25) is 5.02 Å². The minimum atomic E-state index is -0.417. The van der Waals surface area contributed by atoms with E-state index in [4.69, 9.17) is 17.3 Å². The van der Waals surface area contributed by atoms with Gasteiger partial charge in [0.15, 0.2) is 0 Å². The number of hydrogen-bond acceptors (Lipinski definition) is 1. The third-order valence-corrected chi connectivity index (χ3v) is 2.73. The van der Waals surface area contributed by atoms with Crippen molar-refractivity contribution in [3.63, 3.8) is 0 Å². The molecule has 0 fully saturated rings. The molecule has 0 saturated carbocycles. The maximum atomic E-state index is 12.0. The van der Waals surface area contributed by atoms with Crippen LogP contribution < -0.4 is 5.73 Å². The third kappa shape index (κ3) is 3.73. The summed E-state index contributed by atoms with van der Waals surface area (Å²) in [4.78, 5) is 0. The van der Waals surface area contributed by atoms with Crippen molar-refractivity contribution in [1.29, 1.82) is 0 Å². The average molecular weight is 303 g/mol. The maximum absolute atomic E-state index is 12.0. The molecule has 0 bridgehead atoms. The second-order valence-electron chi connectivity index (χ2n) is 2.75. The third-order valence-electron chi connectivity index (χ3n) is 1.78. The molecule has 1 atom stereocenters. The van der Waals surface area contributed by atoms with Crippen LogP contribution in [-0.2, 0) is 0 Å². The molecule has 0 spiro atoms. The first-order chi connectivity index (χ1) is 6.15. The first-order valence-electron chi connectivity index (χ1n) is 3.91. The van der Waals surface area contributed by atoms with Crippen LogP contribution in [0.25, 0.3) is 0 Å². The number of halogens is 4. The largest absolute Gasteiger partial charge is 0.324 e. The van der Waals surface area contributed by atoms with E-state index in [2.05, 4.69) is 15.9 Å². The summed E-state index contributed by atoms with van der Waals surface area (Å²) in [5.41, 5.74) is 6.60. The molecule has 1 aromatic carbocycles. The summed E-state index contributed by atoms with van der Waals surface area (Å²) in [5, 5.41) is 0.618. The van der Waals surface area contributed by atoms with Crippen LogP contribution in [0.3, 0.4) is 0 Å². The van der Waals surface area contributed by atoms with E-state index < -0.39 is 6.67 Å². The van der Waals surface area contributed by atoms with Crippen molar-refractivity contribution in [1.82, 2.24) is 0 Å². The van der Waals surface area contributed by atoms with Crippen molar-refractivity contribution in [3.8, 4) is 0 Å². The van der Waals surface area contributed by atoms with Crippen LogP contribution in [0.1, 0.15) is 18.0 Å². The van der Waals surface area contributed by atoms with Crippen LogP contribution in [0.5, 0.6) is 0 Å². The zero-order chi connectivity index (χ0) is 9.84. The molecule has 1 aromatic rings. The highest BCUT2D eigenvalue weighted by Crippen LogP contribution is 2.27. The molecule has 0 saturated heterocycles. The molecule has 0 radical (unpaired) electrons. The van der Waals surface area contributed by atoms with Gasteiger partial charge in [-0.05, 0) is 30.2 Å². The molecule has 0 unspecified atom stereocenters. The number of rotatable bonds is 3. The molecule has 2 N–H and O–H groups in total. The molecule has 1 nitrogen and oxygen atoms in total. The summed E-state index contributed by atoms with van der Waals surface area (Å²) < 4.78 is 12.9. The molecule has 14 heavy (non-hydrogen) atoms. The molecule has 0 amide bonds. The average Bonchev–Trinajstić information content (AvgIpc) is 2.09. The van der Waals surface area contributed by atoms with E-state index in [1.165, 1.54) is 0 Å². The summed E-state index contributed by atoms with van der Waals surface area (Å²) in [5.74, 6) is 0. The lowest BCUT2D eigenvalue weighted by molar-refractivity contribution is 0.441. The van der Waals surface area contributed by atoms with Gasteiger partial charge in [-0.3, -0.25) is 4.39 Å². The van der Waals surface area contributed by atoms with Crippen LogP contribution >= 0.6 is 39.9 Å². The van der Waals surface area contributed by atoms with E-state index in [-0.39, 0.29) is 18.4 Å². The normalized spacial score (nSPS) is 12.0. The highest BCUT2D eigenvalue weighted by Gasteiger charge is 2.09. The smallest absolute Gasteiger partial charge is 0.0912 e. The van der Waals surface area contributed by atoms with Gasteiger partial charge in [0.25, 0.3) is 0 Å². The van der Waals surface area contributed by atoms with Crippen molar-refractivity contribution in [2.24, 2.45) is 5.73 Å². The van der Waals surface area contributed by atoms with Gasteiger partial charge in [-0.1, -0.05) is 27.5 Å². The fraction of sp³-hybridized carbons (Fsp3) is 0.333. The lowest BCUT2D eigenvalue weighted by atomic mass is 10.1. The summed E-state index contributed by atoms with van der Waals surface area (Å²) in [6, 6.07) is 5.04. The Bertz CT molecular complexity index is 296. The highest BCUT2D eigenvalue weighted by molar-refractivity contribution is 9.10. The molecule has 0 aromatic heterocycles. The lowest BCUT2D eigenvalue weighted by Crippen LogP contribution is -2.11. The lowest BCUT2D eigenvalue weighted by Gasteiger charge is -2.12. The fourth-order valence-electron chi connectivity index (χ4n) is 1.07. The Kier molecular flexibility index (Phi) is 6.70. The monoisotopic (exact) mass is 301 g/mol. The van der Waals surface area contributed by atoms with Crippen molar-refractivity contribution in [3.05, 3.63) is 33.3 Å². The predicted octanol–water partition coefficient (Wildman–Crippen LogP) is 3.88. The van der Waals surface area contributed by atoms with Gasteiger partial charge in [-0.2, -0.15) is 0 Å². The van der Waals surface area contributed by atoms with E-state index in [1.54, 1.807) is 12.1 Å². The van der Waals surface area contributed by atoms with Gasteiger partial charge < -0.3 is 5.73 Å². The van der Waals surface area contributed by atoms with Crippen molar-refractivity contribution in [2.45, 2.75) is 12.5 Å². The molecule has 0 heterocycles. The number of hydrogen-bond donors (Lipinski definition) is 1. The van der Waals surface area contributed by atoms with E-state index in [0.717, 1.165) is 10.0 Å². The Morgan fingerprint density at radius 1 is 1.50 bits per heavy atom. The Labute approximate surface area is 102 Å². The van der Waals surface area contributed by atoms with Gasteiger partial charge in [0, 0.05) is 15.5 Å². The Morgan fingerprint density at radius 3 is 2.71 bits per heavy atom. The van der Waals surface area contributed by atoms with E-state index in [0.29, 0.717) is 11.4 Å². The fourth-order valence-corrected chi connectivity index (χ4v) is 1.79. The summed E-state index contributed by atoms with van der Waals surface area (Å²) in [7, 11) is 0. The van der Waals surface area contributed by atoms with Crippen molar-refractivity contribution < 1.29 is 4.39 Å². The molecule has 1 rings (SSSR count). The number of benzene rings is 1. The van der Waals surface area contributed by atoms with Gasteiger partial charge in [-0.15, -0.1) is 12.4 Å². The highest BCUT2D eigenvalue weighted by atomic mass is 79.9. The van der Waals surface area contributed by atoms with Gasteiger partial charge in [-0.25, -0.2) is 0 Å². The van der Waals surface area contributed by atoms with E-state index >= 15 is 0 Å². The Morgan fingerprint density at radius 2 is 2.14 bits per heavy atom. The van der Waals surface area contributed by atoms with Crippen LogP contribution in [0.4, 0.5) is 4.39 Å². The van der Waals surface area contributed by atoms with Gasteiger partial charge in [0.2, 0.25) is 0 Å². The van der Waals surface area contributed by atoms with Crippen molar-refractivity contribution in [2.75, 3.05) is 6.67 Å². The second kappa shape index (κ2) is 6.62. The maximum Gasteiger partial charge on any atom is 0.0912 e. The molecule has 0 aliphatic carbocycles. The summed E-state index contributed by atoms with van der Waals surface area (Å²) >= 11 is 9.13. The second-order valence-corrected chi connectivity index (χ2v) is 4.04. The summed E-state index contributed by atoms with van der Waals surface area (Å²) in [6.45, 7) is -0.417. The van der Waals surface area contributed by atoms with Gasteiger partial charge >= 0.3 is 0 Å². The van der Waals surface area contributed by atoms with Crippen LogP contribution in [0, 0.1) is 0 Å². The molecular formula is C9H11BrCl2FN. The molecule has 80 valence electrons. The zero-order valence-corrected chi connectivity index (χ0v) is 10.5. The van der Waals surface area contributed by atoms with Crippen LogP contribution in [-0.4, -0.2) is 6.67 Å². The zero-order valence-electron chi connectivity index (χ0n) is 7.34. The quantitative estimate of drug-likeness (QED) is 0.901. The molecule has 0 aliphatic rings. The van der Waals surface area contributed by atoms with E-state index in [1.807, 2.05) is 6.07 Å². The molecule has 5 heteroatoms. The first-order valence-corrected chi connectivity index (χ1v) is 5.08. The molecular weight excluding hydrogens is 292 g/mol. The van der Waals surface area contributed by atoms with Gasteiger partial charge in [0.1, 0.15) is 0 Å². The predicted molar refractivity (Wildman–Crippen MR) is 63.9 cm³/mol. The van der Waals surface area contributed by atoms with Crippen molar-refractivity contribution >= 4 is 39.9 Å². The summed E-state index contributed by atoms with van der Waals surface area (Å²) in [6.07, 6.45) is 0.318. The number of nitrogens with two attached hydrogens (primary N) is 1. The minimum absolute atomic E-state index is 0. The standard InChI is InChI=1S/C9H10BrClFN.ClH/c10-8-2-1-6(11)5-7(8)9(13)3-4-12;/h1-2,5,9H,3-4,13H2;1H/t9-;/m0./s1.